The number of nitrogens with zero attached hydrogens (tertiary/aromatic N) is 3. The average Bonchev–Trinajstić information content (AvgIpc) is 3.07. The molecule has 1 N–H and O–H groups in total. The Hall–Kier alpha value is -2.19. The molecule has 1 amide bonds. The van der Waals surface area contributed by atoms with Crippen LogP contribution in [0.3, 0.4) is 0 Å². The van der Waals surface area contributed by atoms with Crippen LogP contribution in [-0.4, -0.2) is 37.1 Å². The van der Waals surface area contributed by atoms with Gasteiger partial charge in [0, 0.05) is 18.8 Å². The van der Waals surface area contributed by atoms with E-state index in [1.807, 2.05) is 19.1 Å². The zero-order chi connectivity index (χ0) is 23.4. The molecule has 6 nitrogen and oxygen atoms in total. The zero-order valence-corrected chi connectivity index (χ0v) is 21.1. The molecule has 2 aromatic rings. The smallest absolute Gasteiger partial charge is 0.267 e. The van der Waals surface area contributed by atoms with Crippen molar-refractivity contribution in [1.82, 2.24) is 14.3 Å². The largest absolute Gasteiger partial charge is 0.367 e. The second-order valence-electron chi connectivity index (χ2n) is 8.99. The molecule has 33 heavy (non-hydrogen) atoms. The third kappa shape index (κ3) is 5.49. The number of thioether (sulfide) groups is 1. The molecule has 2 fully saturated rings. The highest BCUT2D eigenvalue weighted by molar-refractivity contribution is 8.26. The van der Waals surface area contributed by atoms with Gasteiger partial charge in [-0.05, 0) is 43.9 Å². The number of hydrogen-bond donors (Lipinski definition) is 1. The summed E-state index contributed by atoms with van der Waals surface area (Å²) in [5, 5.41) is 3.52. The summed E-state index contributed by atoms with van der Waals surface area (Å²) in [6.45, 7) is 4.74. The van der Waals surface area contributed by atoms with Crippen LogP contribution >= 0.6 is 24.0 Å². The van der Waals surface area contributed by atoms with Crippen LogP contribution in [0.25, 0.3) is 11.7 Å². The molecular weight excluding hydrogens is 452 g/mol. The van der Waals surface area contributed by atoms with Crippen molar-refractivity contribution in [2.45, 2.75) is 77.7 Å². The van der Waals surface area contributed by atoms with Crippen molar-refractivity contribution in [3.63, 3.8) is 0 Å². The Morgan fingerprint density at radius 2 is 1.97 bits per heavy atom. The minimum Gasteiger partial charge on any atom is -0.367 e. The third-order valence-electron chi connectivity index (χ3n) is 6.34. The number of hydrogen-bond acceptors (Lipinski definition) is 6. The van der Waals surface area contributed by atoms with Gasteiger partial charge in [0.05, 0.1) is 10.5 Å². The van der Waals surface area contributed by atoms with Crippen LogP contribution in [0.2, 0.25) is 0 Å². The van der Waals surface area contributed by atoms with Crippen LogP contribution in [0.1, 0.15) is 75.8 Å². The van der Waals surface area contributed by atoms with Crippen molar-refractivity contribution in [3.8, 4) is 0 Å². The van der Waals surface area contributed by atoms with Crippen molar-refractivity contribution in [2.75, 3.05) is 11.9 Å². The molecule has 1 saturated heterocycles. The minimum atomic E-state index is -0.171. The van der Waals surface area contributed by atoms with Crippen LogP contribution in [0.15, 0.2) is 28.0 Å². The molecule has 0 bridgehead atoms. The molecule has 0 unspecified atom stereocenters. The van der Waals surface area contributed by atoms with Crippen molar-refractivity contribution < 1.29 is 4.79 Å². The number of carbonyl (C=O) groups excluding carboxylic acids is 1. The number of aromatic nitrogens is 2. The molecule has 0 aromatic carbocycles. The van der Waals surface area contributed by atoms with Gasteiger partial charge in [-0.1, -0.05) is 75.5 Å². The van der Waals surface area contributed by atoms with Gasteiger partial charge in [0.15, 0.2) is 0 Å². The van der Waals surface area contributed by atoms with Crippen LogP contribution in [0.5, 0.6) is 0 Å². The molecule has 0 spiro atoms. The lowest BCUT2D eigenvalue weighted by Crippen LogP contribution is -2.29. The van der Waals surface area contributed by atoms with Crippen molar-refractivity contribution in [1.29, 1.82) is 0 Å². The first kappa shape index (κ1) is 24.0. The van der Waals surface area contributed by atoms with E-state index in [1.165, 1.54) is 31.0 Å². The summed E-state index contributed by atoms with van der Waals surface area (Å²) in [4.78, 5) is 33.6. The Bertz CT molecular complexity index is 1140. The lowest BCUT2D eigenvalue weighted by molar-refractivity contribution is -0.122. The highest BCUT2D eigenvalue weighted by atomic mass is 32.2. The number of nitrogens with one attached hydrogen (secondary N) is 1. The molecule has 3 heterocycles. The summed E-state index contributed by atoms with van der Waals surface area (Å²) in [5.74, 6) is 0.447. The Morgan fingerprint density at radius 1 is 1.18 bits per heavy atom. The molecule has 2 aliphatic rings. The predicted octanol–water partition coefficient (Wildman–Crippen LogP) is 5.53. The molecule has 1 aliphatic carbocycles. The van der Waals surface area contributed by atoms with Gasteiger partial charge >= 0.3 is 0 Å². The van der Waals surface area contributed by atoms with Crippen molar-refractivity contribution >= 4 is 51.7 Å². The monoisotopic (exact) mass is 484 g/mol. The normalized spacial score (nSPS) is 18.6. The maximum atomic E-state index is 13.5. The standard InChI is InChI=1S/C25H32N4O2S2/c1-3-4-5-9-14-28-24(31)20(33-25(28)32)15-19-22(26-18-10-7-6-8-11-18)27-21-13-12-17(2)16-29(21)23(19)30/h12-13,15-16,18,26H,3-11,14H2,1-2H3. The Balaban J connectivity index is 1.69. The van der Waals surface area contributed by atoms with E-state index >= 15 is 0 Å². The zero-order valence-electron chi connectivity index (χ0n) is 19.4. The van der Waals surface area contributed by atoms with E-state index in [-0.39, 0.29) is 11.5 Å². The lowest BCUT2D eigenvalue weighted by atomic mass is 9.95. The third-order valence-corrected chi connectivity index (χ3v) is 7.71. The predicted molar refractivity (Wildman–Crippen MR) is 141 cm³/mol. The van der Waals surface area contributed by atoms with E-state index in [0.29, 0.717) is 38.8 Å². The number of carbonyl (C=O) groups is 1. The number of thiocarbonyl (C=S) groups is 1. The topological polar surface area (TPSA) is 66.7 Å². The number of amides is 1. The lowest BCUT2D eigenvalue weighted by Gasteiger charge is -2.24. The van der Waals surface area contributed by atoms with E-state index in [4.69, 9.17) is 17.2 Å². The molecule has 0 atom stereocenters. The van der Waals surface area contributed by atoms with Gasteiger partial charge in [-0.2, -0.15) is 0 Å². The summed E-state index contributed by atoms with van der Waals surface area (Å²) in [7, 11) is 0. The van der Waals surface area contributed by atoms with Crippen LogP contribution in [-0.2, 0) is 4.79 Å². The Labute approximate surface area is 204 Å². The fourth-order valence-electron chi connectivity index (χ4n) is 4.46. The second-order valence-corrected chi connectivity index (χ2v) is 10.7. The van der Waals surface area contributed by atoms with Gasteiger partial charge in [-0.15, -0.1) is 0 Å². The first-order valence-corrected chi connectivity index (χ1v) is 13.3. The fourth-order valence-corrected chi connectivity index (χ4v) is 5.75. The molecule has 0 radical (unpaired) electrons. The number of pyridine rings is 1. The Kier molecular flexibility index (Phi) is 7.86. The minimum absolute atomic E-state index is 0.112. The van der Waals surface area contributed by atoms with E-state index in [9.17, 15) is 9.59 Å². The highest BCUT2D eigenvalue weighted by Gasteiger charge is 2.32. The van der Waals surface area contributed by atoms with Crippen molar-refractivity contribution in [2.24, 2.45) is 0 Å². The molecule has 176 valence electrons. The average molecular weight is 485 g/mol. The van der Waals surface area contributed by atoms with Gasteiger partial charge in [0.1, 0.15) is 15.8 Å². The van der Waals surface area contributed by atoms with Gasteiger partial charge in [-0.25, -0.2) is 4.98 Å². The molecule has 2 aromatic heterocycles. The first-order valence-electron chi connectivity index (χ1n) is 12.0. The van der Waals surface area contributed by atoms with Crippen LogP contribution in [0.4, 0.5) is 5.82 Å². The molecule has 8 heteroatoms. The molecule has 1 saturated carbocycles. The van der Waals surface area contributed by atoms with Crippen molar-refractivity contribution in [3.05, 3.63) is 44.7 Å². The van der Waals surface area contributed by atoms with Crippen LogP contribution in [0, 0.1) is 6.92 Å². The van der Waals surface area contributed by atoms with E-state index < -0.39 is 0 Å². The number of fused-ring (bicyclic) bond motifs is 1. The van der Waals surface area contributed by atoms with Gasteiger partial charge < -0.3 is 5.32 Å². The van der Waals surface area contributed by atoms with Crippen LogP contribution < -0.4 is 10.9 Å². The number of aryl methyl sites for hydroxylation is 1. The summed E-state index contributed by atoms with van der Waals surface area (Å²) < 4.78 is 2.13. The summed E-state index contributed by atoms with van der Waals surface area (Å²) in [6.07, 6.45) is 13.5. The SMILES string of the molecule is CCCCCCN1C(=O)C(=Cc2c(NC3CCCCC3)nc3ccc(C)cn3c2=O)SC1=S. The van der Waals surface area contributed by atoms with Gasteiger partial charge in [0.25, 0.3) is 11.5 Å². The van der Waals surface area contributed by atoms with E-state index in [1.54, 1.807) is 21.6 Å². The summed E-state index contributed by atoms with van der Waals surface area (Å²) >= 11 is 6.77. The fraction of sp³-hybridized carbons (Fsp3) is 0.520. The quantitative estimate of drug-likeness (QED) is 0.302. The Morgan fingerprint density at radius 3 is 2.73 bits per heavy atom. The molecule has 1 aliphatic heterocycles. The molecule has 4 rings (SSSR count). The number of unbranched alkanes of at least 4 members (excludes halogenated alkanes) is 3. The van der Waals surface area contributed by atoms with E-state index in [2.05, 4.69) is 12.2 Å². The van der Waals surface area contributed by atoms with E-state index in [0.717, 1.165) is 44.1 Å². The summed E-state index contributed by atoms with van der Waals surface area (Å²) in [6, 6.07) is 4.11. The first-order chi connectivity index (χ1) is 16.0. The molecular formula is C25H32N4O2S2. The number of anilines is 1. The maximum Gasteiger partial charge on any atom is 0.267 e. The number of rotatable bonds is 8. The van der Waals surface area contributed by atoms with Gasteiger partial charge in [0.2, 0.25) is 0 Å². The highest BCUT2D eigenvalue weighted by Crippen LogP contribution is 2.33. The summed E-state index contributed by atoms with van der Waals surface area (Å²) in [5.41, 5.74) is 1.83. The second kappa shape index (κ2) is 10.8. The van der Waals surface area contributed by atoms with Gasteiger partial charge in [-0.3, -0.25) is 18.9 Å². The maximum absolute atomic E-state index is 13.5.